The van der Waals surface area contributed by atoms with Crippen molar-refractivity contribution in [1.29, 1.82) is 0 Å². The molecular formula is C19H25N3O2S. The summed E-state index contributed by atoms with van der Waals surface area (Å²) < 4.78 is 7.49. The molecule has 0 N–H and O–H groups in total. The number of nitrogens with zero attached hydrogens (tertiary/aromatic N) is 3. The highest BCUT2D eigenvalue weighted by Gasteiger charge is 2.13. The summed E-state index contributed by atoms with van der Waals surface area (Å²) in [6, 6.07) is 8.38. The van der Waals surface area contributed by atoms with Gasteiger partial charge in [-0.3, -0.25) is 9.69 Å². The summed E-state index contributed by atoms with van der Waals surface area (Å²) >= 11 is 1.47. The van der Waals surface area contributed by atoms with Crippen molar-refractivity contribution in [2.75, 3.05) is 26.3 Å². The van der Waals surface area contributed by atoms with E-state index in [2.05, 4.69) is 40.7 Å². The Morgan fingerprint density at radius 1 is 1.24 bits per heavy atom. The van der Waals surface area contributed by atoms with E-state index in [9.17, 15) is 4.79 Å². The lowest BCUT2D eigenvalue weighted by Crippen LogP contribution is -2.35. The molecule has 25 heavy (non-hydrogen) atoms. The van der Waals surface area contributed by atoms with Crippen LogP contribution in [0.25, 0.3) is 0 Å². The summed E-state index contributed by atoms with van der Waals surface area (Å²) in [5, 5.41) is 0. The smallest absolute Gasteiger partial charge is 0.190 e. The molecule has 1 aromatic heterocycles. The monoisotopic (exact) mass is 359 g/mol. The van der Waals surface area contributed by atoms with Crippen LogP contribution in [0, 0.1) is 6.92 Å². The Balaban J connectivity index is 1.82. The van der Waals surface area contributed by atoms with Gasteiger partial charge in [-0.2, -0.15) is 0 Å². The third-order valence-electron chi connectivity index (χ3n) is 4.46. The molecule has 1 saturated heterocycles. The van der Waals surface area contributed by atoms with Gasteiger partial charge in [0.15, 0.2) is 10.6 Å². The zero-order chi connectivity index (χ0) is 17.8. The van der Waals surface area contributed by atoms with Crippen molar-refractivity contribution >= 4 is 22.8 Å². The minimum Gasteiger partial charge on any atom is -0.379 e. The number of rotatable bonds is 5. The molecule has 3 rings (SSSR count). The summed E-state index contributed by atoms with van der Waals surface area (Å²) in [6.07, 6.45) is 0. The van der Waals surface area contributed by atoms with E-state index in [1.807, 2.05) is 6.92 Å². The van der Waals surface area contributed by atoms with Gasteiger partial charge < -0.3 is 9.30 Å². The van der Waals surface area contributed by atoms with E-state index in [1.54, 1.807) is 6.92 Å². The predicted octanol–water partition coefficient (Wildman–Crippen LogP) is 3.15. The second-order valence-corrected chi connectivity index (χ2v) is 7.24. The van der Waals surface area contributed by atoms with Crippen molar-refractivity contribution < 1.29 is 9.53 Å². The van der Waals surface area contributed by atoms with E-state index in [4.69, 9.17) is 9.73 Å². The number of morpholine rings is 1. The molecule has 0 radical (unpaired) electrons. The Morgan fingerprint density at radius 3 is 2.52 bits per heavy atom. The minimum atomic E-state index is 0.104. The Labute approximate surface area is 152 Å². The van der Waals surface area contributed by atoms with Crippen LogP contribution in [-0.4, -0.2) is 41.6 Å². The normalized spacial score (nSPS) is 16.4. The van der Waals surface area contributed by atoms with Crippen molar-refractivity contribution in [2.45, 2.75) is 33.9 Å². The van der Waals surface area contributed by atoms with Crippen LogP contribution < -0.4 is 4.80 Å². The molecule has 0 saturated carbocycles. The molecule has 0 aliphatic carbocycles. The number of Topliss-reactive ketones (excluding diaryl/α,β-unsaturated/α-hetero) is 1. The van der Waals surface area contributed by atoms with Gasteiger partial charge in [-0.05, 0) is 31.5 Å². The van der Waals surface area contributed by atoms with E-state index in [1.165, 1.54) is 16.9 Å². The Hall–Kier alpha value is -1.76. The maximum absolute atomic E-state index is 11.8. The van der Waals surface area contributed by atoms with Gasteiger partial charge in [0.1, 0.15) is 0 Å². The molecule has 2 aromatic rings. The predicted molar refractivity (Wildman–Crippen MR) is 100 cm³/mol. The third kappa shape index (κ3) is 4.26. The molecule has 1 aromatic carbocycles. The number of aromatic nitrogens is 1. The molecule has 2 heterocycles. The molecule has 5 nitrogen and oxygen atoms in total. The molecule has 134 valence electrons. The van der Waals surface area contributed by atoms with Gasteiger partial charge in [-0.15, -0.1) is 0 Å². The fourth-order valence-corrected chi connectivity index (χ4v) is 4.18. The maximum atomic E-state index is 11.8. The van der Waals surface area contributed by atoms with Gasteiger partial charge in [0, 0.05) is 38.8 Å². The minimum absolute atomic E-state index is 0.104. The first-order chi connectivity index (χ1) is 12.1. The topological polar surface area (TPSA) is 46.8 Å². The van der Waals surface area contributed by atoms with Crippen molar-refractivity contribution in [1.82, 2.24) is 9.47 Å². The van der Waals surface area contributed by atoms with Gasteiger partial charge in [-0.1, -0.05) is 23.5 Å². The molecule has 0 spiro atoms. The number of hydrogen-bond acceptors (Lipinski definition) is 5. The lowest BCUT2D eigenvalue weighted by atomic mass is 10.2. The number of ether oxygens (including phenoxy) is 1. The quantitative estimate of drug-likeness (QED) is 0.771. The highest BCUT2D eigenvalue weighted by Crippen LogP contribution is 2.17. The number of carbonyl (C=O) groups excluding carboxylic acids is 1. The van der Waals surface area contributed by atoms with Gasteiger partial charge in [-0.25, -0.2) is 4.99 Å². The van der Waals surface area contributed by atoms with Crippen LogP contribution in [0.3, 0.4) is 0 Å². The van der Waals surface area contributed by atoms with Crippen LogP contribution >= 0.6 is 11.3 Å². The van der Waals surface area contributed by atoms with E-state index in [-0.39, 0.29) is 5.78 Å². The fourth-order valence-electron chi connectivity index (χ4n) is 3.07. The van der Waals surface area contributed by atoms with E-state index in [0.717, 1.165) is 60.5 Å². The highest BCUT2D eigenvalue weighted by molar-refractivity contribution is 7.11. The van der Waals surface area contributed by atoms with Crippen molar-refractivity contribution in [2.24, 2.45) is 4.99 Å². The molecule has 0 unspecified atom stereocenters. The van der Waals surface area contributed by atoms with Gasteiger partial charge in [0.25, 0.3) is 0 Å². The van der Waals surface area contributed by atoms with E-state index < -0.39 is 0 Å². The summed E-state index contributed by atoms with van der Waals surface area (Å²) in [4.78, 5) is 20.6. The number of benzene rings is 1. The zero-order valence-corrected chi connectivity index (χ0v) is 15.9. The van der Waals surface area contributed by atoms with Gasteiger partial charge >= 0.3 is 0 Å². The summed E-state index contributed by atoms with van der Waals surface area (Å²) in [6.45, 7) is 11.1. The van der Waals surface area contributed by atoms with E-state index in [0.29, 0.717) is 0 Å². The Kier molecular flexibility index (Phi) is 5.83. The summed E-state index contributed by atoms with van der Waals surface area (Å²) in [5.41, 5.74) is 3.21. The number of hydrogen-bond donors (Lipinski definition) is 0. The van der Waals surface area contributed by atoms with Crippen LogP contribution in [0.1, 0.15) is 34.8 Å². The Bertz CT molecular complexity index is 799. The average molecular weight is 359 g/mol. The van der Waals surface area contributed by atoms with Crippen LogP contribution in [-0.2, 0) is 17.8 Å². The van der Waals surface area contributed by atoms with E-state index >= 15 is 0 Å². The van der Waals surface area contributed by atoms with Gasteiger partial charge in [0.2, 0.25) is 0 Å². The summed E-state index contributed by atoms with van der Waals surface area (Å²) in [5.74, 6) is 0.104. The fraction of sp³-hybridized carbons (Fsp3) is 0.474. The zero-order valence-electron chi connectivity index (χ0n) is 15.1. The van der Waals surface area contributed by atoms with Gasteiger partial charge in [0.05, 0.1) is 23.8 Å². The first-order valence-electron chi connectivity index (χ1n) is 8.73. The lowest BCUT2D eigenvalue weighted by Gasteiger charge is -2.26. The van der Waals surface area contributed by atoms with Crippen molar-refractivity contribution in [3.05, 3.63) is 45.2 Å². The molecule has 1 aliphatic heterocycles. The Morgan fingerprint density at radius 2 is 1.92 bits per heavy atom. The third-order valence-corrected chi connectivity index (χ3v) is 5.75. The standard InChI is InChI=1S/C19H25N3O2S/c1-4-22-14(2)18(15(3)23)25-19(22)20-17-7-5-16(6-8-17)13-21-9-11-24-12-10-21/h5-8H,4,9-13H2,1-3H3/b20-19-. The second-order valence-electron chi connectivity index (χ2n) is 6.27. The molecule has 0 amide bonds. The molecule has 0 atom stereocenters. The number of thiazole rings is 1. The van der Waals surface area contributed by atoms with Crippen molar-refractivity contribution in [3.8, 4) is 0 Å². The average Bonchev–Trinajstić information content (AvgIpc) is 2.93. The van der Waals surface area contributed by atoms with Crippen LogP contribution in [0.15, 0.2) is 29.3 Å². The second kappa shape index (κ2) is 8.08. The first-order valence-corrected chi connectivity index (χ1v) is 9.55. The largest absolute Gasteiger partial charge is 0.379 e. The molecule has 1 aliphatic rings. The van der Waals surface area contributed by atoms with Crippen molar-refractivity contribution in [3.63, 3.8) is 0 Å². The lowest BCUT2D eigenvalue weighted by molar-refractivity contribution is 0.0342. The maximum Gasteiger partial charge on any atom is 0.190 e. The van der Waals surface area contributed by atoms with Crippen LogP contribution in [0.4, 0.5) is 5.69 Å². The number of carbonyl (C=O) groups is 1. The summed E-state index contributed by atoms with van der Waals surface area (Å²) in [7, 11) is 0. The SMILES string of the molecule is CCn1c(C)c(C(C)=O)s/c1=N\c1ccc(CN2CCOCC2)cc1. The number of ketones is 1. The first kappa shape index (κ1) is 18.0. The highest BCUT2D eigenvalue weighted by atomic mass is 32.1. The van der Waals surface area contributed by atoms with Crippen LogP contribution in [0.2, 0.25) is 0 Å². The molecule has 0 bridgehead atoms. The molecule has 1 fully saturated rings. The molecule has 6 heteroatoms. The molecular weight excluding hydrogens is 334 g/mol. The van der Waals surface area contributed by atoms with Crippen LogP contribution in [0.5, 0.6) is 0 Å².